The predicted octanol–water partition coefficient (Wildman–Crippen LogP) is 5.44. The summed E-state index contributed by atoms with van der Waals surface area (Å²) in [6, 6.07) is 19.8. The molecule has 1 aliphatic carbocycles. The summed E-state index contributed by atoms with van der Waals surface area (Å²) in [6.45, 7) is 3.25. The van der Waals surface area contributed by atoms with Crippen LogP contribution in [0.2, 0.25) is 0 Å². The molecule has 1 atom stereocenters. The van der Waals surface area contributed by atoms with Crippen LogP contribution in [0.15, 0.2) is 82.2 Å². The third-order valence-electron chi connectivity index (χ3n) is 7.36. The minimum absolute atomic E-state index is 0.0252. The monoisotopic (exact) mass is 641 g/mol. The van der Waals surface area contributed by atoms with Gasteiger partial charge in [0.15, 0.2) is 0 Å². The van der Waals surface area contributed by atoms with Crippen molar-refractivity contribution in [3.63, 3.8) is 0 Å². The summed E-state index contributed by atoms with van der Waals surface area (Å²) >= 11 is 3.47. The fraction of sp³-hybridized carbons (Fsp3) is 0.355. The normalized spacial score (nSPS) is 14.3. The average Bonchev–Trinajstić information content (AvgIpc) is 3.48. The Morgan fingerprint density at radius 3 is 2.29 bits per heavy atom. The van der Waals surface area contributed by atoms with Gasteiger partial charge in [-0.25, -0.2) is 8.42 Å². The van der Waals surface area contributed by atoms with Crippen LogP contribution in [0.1, 0.15) is 43.7 Å². The second kappa shape index (κ2) is 13.5. The number of carbonyl (C=O) groups excluding carboxylic acids is 2. The number of nitrogens with zero attached hydrogens (tertiary/aromatic N) is 2. The fourth-order valence-corrected chi connectivity index (χ4v) is 6.78. The second-order valence-corrected chi connectivity index (χ2v) is 13.1. The zero-order chi connectivity index (χ0) is 29.6. The van der Waals surface area contributed by atoms with Crippen LogP contribution in [0.25, 0.3) is 0 Å². The maximum Gasteiger partial charge on any atom is 0.264 e. The SMILES string of the molecule is COc1ccc(S(=O)(=O)N(CC(=O)N(Cc2cccc(Br)c2)[C@H](C)C(=O)NC2CCCC2)c2ccc(C)cc2)cc1. The maximum absolute atomic E-state index is 14.1. The molecule has 1 fully saturated rings. The van der Waals surface area contributed by atoms with Crippen LogP contribution in [0.4, 0.5) is 5.69 Å². The number of hydrogen-bond donors (Lipinski definition) is 1. The van der Waals surface area contributed by atoms with Crippen molar-refractivity contribution in [2.75, 3.05) is 18.0 Å². The lowest BCUT2D eigenvalue weighted by Gasteiger charge is -2.32. The smallest absolute Gasteiger partial charge is 0.264 e. The fourth-order valence-electron chi connectivity index (χ4n) is 4.92. The first kappa shape index (κ1) is 30.6. The molecular weight excluding hydrogens is 606 g/mol. The quantitative estimate of drug-likeness (QED) is 0.301. The van der Waals surface area contributed by atoms with Crippen LogP contribution in [-0.2, 0) is 26.2 Å². The number of ether oxygens (including phenoxy) is 1. The minimum Gasteiger partial charge on any atom is -0.497 e. The van der Waals surface area contributed by atoms with Gasteiger partial charge in [-0.1, -0.05) is 58.6 Å². The molecule has 0 spiro atoms. The Kier molecular flexibility index (Phi) is 10.1. The number of carbonyl (C=O) groups is 2. The number of anilines is 1. The topological polar surface area (TPSA) is 96.0 Å². The van der Waals surface area contributed by atoms with Crippen LogP contribution in [0.5, 0.6) is 5.75 Å². The summed E-state index contributed by atoms with van der Waals surface area (Å²) < 4.78 is 35.0. The number of benzene rings is 3. The predicted molar refractivity (Wildman–Crippen MR) is 163 cm³/mol. The first-order valence-corrected chi connectivity index (χ1v) is 15.9. The zero-order valence-electron chi connectivity index (χ0n) is 23.5. The Labute approximate surface area is 250 Å². The van der Waals surface area contributed by atoms with E-state index < -0.39 is 28.5 Å². The zero-order valence-corrected chi connectivity index (χ0v) is 25.9. The van der Waals surface area contributed by atoms with Crippen molar-refractivity contribution < 1.29 is 22.7 Å². The van der Waals surface area contributed by atoms with Crippen LogP contribution in [0, 0.1) is 6.92 Å². The van der Waals surface area contributed by atoms with E-state index in [9.17, 15) is 18.0 Å². The van der Waals surface area contributed by atoms with Gasteiger partial charge in [0.2, 0.25) is 11.8 Å². The molecule has 0 aromatic heterocycles. The number of methoxy groups -OCH3 is 1. The highest BCUT2D eigenvalue weighted by Crippen LogP contribution is 2.27. The second-order valence-electron chi connectivity index (χ2n) is 10.3. The van der Waals surface area contributed by atoms with E-state index in [1.54, 1.807) is 43.3 Å². The Morgan fingerprint density at radius 2 is 1.68 bits per heavy atom. The van der Waals surface area contributed by atoms with Gasteiger partial charge in [0.25, 0.3) is 10.0 Å². The number of aryl methyl sites for hydroxylation is 1. The van der Waals surface area contributed by atoms with Crippen molar-refractivity contribution in [2.45, 2.75) is 63.1 Å². The van der Waals surface area contributed by atoms with Crippen molar-refractivity contribution in [1.82, 2.24) is 10.2 Å². The van der Waals surface area contributed by atoms with Crippen molar-refractivity contribution in [3.05, 3.63) is 88.4 Å². The Balaban J connectivity index is 1.68. The molecule has 0 heterocycles. The molecule has 0 aliphatic heterocycles. The molecule has 8 nitrogen and oxygen atoms in total. The van der Waals surface area contributed by atoms with Gasteiger partial charge < -0.3 is 15.0 Å². The van der Waals surface area contributed by atoms with E-state index in [0.29, 0.717) is 11.4 Å². The first-order chi connectivity index (χ1) is 19.6. The van der Waals surface area contributed by atoms with Gasteiger partial charge in [-0.15, -0.1) is 0 Å². The van der Waals surface area contributed by atoms with Gasteiger partial charge >= 0.3 is 0 Å². The third-order valence-corrected chi connectivity index (χ3v) is 9.64. The molecule has 0 unspecified atom stereocenters. The molecule has 3 aromatic rings. The van der Waals surface area contributed by atoms with Crippen LogP contribution < -0.4 is 14.4 Å². The summed E-state index contributed by atoms with van der Waals surface area (Å²) in [5.74, 6) is -0.221. The highest BCUT2D eigenvalue weighted by atomic mass is 79.9. The van der Waals surface area contributed by atoms with Gasteiger partial charge in [-0.3, -0.25) is 13.9 Å². The van der Waals surface area contributed by atoms with E-state index in [1.807, 2.05) is 31.2 Å². The van der Waals surface area contributed by atoms with E-state index in [1.165, 1.54) is 24.1 Å². The Morgan fingerprint density at radius 1 is 1.02 bits per heavy atom. The van der Waals surface area contributed by atoms with Crippen molar-refractivity contribution >= 4 is 43.5 Å². The lowest BCUT2D eigenvalue weighted by Crippen LogP contribution is -2.52. The summed E-state index contributed by atoms with van der Waals surface area (Å²) in [5.41, 5.74) is 2.12. The lowest BCUT2D eigenvalue weighted by atomic mass is 10.1. The summed E-state index contributed by atoms with van der Waals surface area (Å²) in [7, 11) is -2.64. The number of amides is 2. The average molecular weight is 643 g/mol. The molecule has 2 amide bonds. The number of sulfonamides is 1. The van der Waals surface area contributed by atoms with E-state index >= 15 is 0 Å². The summed E-state index contributed by atoms with van der Waals surface area (Å²) in [6.07, 6.45) is 3.96. The minimum atomic E-state index is -4.14. The van der Waals surface area contributed by atoms with Crippen molar-refractivity contribution in [3.8, 4) is 5.75 Å². The summed E-state index contributed by atoms with van der Waals surface area (Å²) in [5, 5.41) is 3.08. The Hall–Kier alpha value is -3.37. The molecule has 1 N–H and O–H groups in total. The van der Waals surface area contributed by atoms with Crippen LogP contribution in [0.3, 0.4) is 0 Å². The van der Waals surface area contributed by atoms with Crippen molar-refractivity contribution in [1.29, 1.82) is 0 Å². The standard InChI is InChI=1S/C31H36BrN3O5S/c1-22-11-13-27(14-12-22)35(41(38,39)29-17-15-28(40-3)16-18-29)21-30(36)34(20-24-7-6-8-25(32)19-24)23(2)31(37)33-26-9-4-5-10-26/h6-8,11-19,23,26H,4-5,9-10,20-21H2,1-3H3,(H,33,37)/t23-/m1/s1. The maximum atomic E-state index is 14.1. The van der Waals surface area contributed by atoms with Crippen LogP contribution in [-0.4, -0.2) is 50.9 Å². The van der Waals surface area contributed by atoms with Gasteiger partial charge in [0.05, 0.1) is 17.7 Å². The number of rotatable bonds is 11. The van der Waals surface area contributed by atoms with E-state index in [4.69, 9.17) is 4.74 Å². The van der Waals surface area contributed by atoms with E-state index in [0.717, 1.165) is 45.6 Å². The number of halogens is 1. The molecule has 3 aromatic carbocycles. The molecule has 0 bridgehead atoms. The first-order valence-electron chi connectivity index (χ1n) is 13.7. The molecule has 1 saturated carbocycles. The lowest BCUT2D eigenvalue weighted by molar-refractivity contribution is -0.139. The van der Waals surface area contributed by atoms with Gasteiger partial charge in [-0.2, -0.15) is 0 Å². The highest BCUT2D eigenvalue weighted by Gasteiger charge is 2.33. The molecule has 218 valence electrons. The molecule has 41 heavy (non-hydrogen) atoms. The molecule has 1 aliphatic rings. The Bertz CT molecular complexity index is 1460. The molecule has 4 rings (SSSR count). The highest BCUT2D eigenvalue weighted by molar-refractivity contribution is 9.10. The van der Waals surface area contributed by atoms with Crippen LogP contribution >= 0.6 is 15.9 Å². The van der Waals surface area contributed by atoms with E-state index in [-0.39, 0.29) is 23.4 Å². The van der Waals surface area contributed by atoms with Gasteiger partial charge in [0.1, 0.15) is 18.3 Å². The number of hydrogen-bond acceptors (Lipinski definition) is 5. The van der Waals surface area contributed by atoms with Gasteiger partial charge in [-0.05, 0) is 80.8 Å². The molecule has 0 radical (unpaired) electrons. The molecule has 0 saturated heterocycles. The largest absolute Gasteiger partial charge is 0.497 e. The number of nitrogens with one attached hydrogen (secondary N) is 1. The summed E-state index contributed by atoms with van der Waals surface area (Å²) in [4.78, 5) is 28.8. The third kappa shape index (κ3) is 7.68. The van der Waals surface area contributed by atoms with Gasteiger partial charge in [0, 0.05) is 17.1 Å². The van der Waals surface area contributed by atoms with Crippen molar-refractivity contribution in [2.24, 2.45) is 0 Å². The van der Waals surface area contributed by atoms with E-state index in [2.05, 4.69) is 21.2 Å². The molecule has 10 heteroatoms. The molecular formula is C31H36BrN3O5S.